The van der Waals surface area contributed by atoms with Crippen molar-refractivity contribution in [2.45, 2.75) is 53.1 Å². The van der Waals surface area contributed by atoms with E-state index in [9.17, 15) is 9.59 Å². The molecule has 7 rings (SSSR count). The lowest BCUT2D eigenvalue weighted by Gasteiger charge is -2.19. The van der Waals surface area contributed by atoms with Gasteiger partial charge in [0.2, 0.25) is 0 Å². The SMILES string of the molecule is Cc1nc2ncccc2cc1C(=O)NCc1ccc(C(C)(C)C)cc1.Cc1nc2ncccc2cc1C(=O)NCc1csc(-c2ccccc2)n1. The Kier molecular flexibility index (Phi) is 10.5. The minimum absolute atomic E-state index is 0.115. The van der Waals surface area contributed by atoms with Crippen molar-refractivity contribution in [3.8, 4) is 10.6 Å². The van der Waals surface area contributed by atoms with Gasteiger partial charge in [0.25, 0.3) is 11.8 Å². The molecule has 0 saturated carbocycles. The molecule has 2 N–H and O–H groups in total. The van der Waals surface area contributed by atoms with Crippen LogP contribution in [0.4, 0.5) is 0 Å². The van der Waals surface area contributed by atoms with Crippen molar-refractivity contribution in [3.63, 3.8) is 0 Å². The third-order valence-electron chi connectivity index (χ3n) is 8.33. The number of rotatable bonds is 7. The summed E-state index contributed by atoms with van der Waals surface area (Å²) in [4.78, 5) is 47.0. The number of amides is 2. The summed E-state index contributed by atoms with van der Waals surface area (Å²) in [6.45, 7) is 11.1. The van der Waals surface area contributed by atoms with Gasteiger partial charge in [0.15, 0.2) is 11.3 Å². The van der Waals surface area contributed by atoms with Crippen LogP contribution in [0.15, 0.2) is 109 Å². The zero-order chi connectivity index (χ0) is 36.0. The topological polar surface area (TPSA) is 123 Å². The van der Waals surface area contributed by atoms with Gasteiger partial charge in [-0.1, -0.05) is 75.4 Å². The van der Waals surface area contributed by atoms with Crippen LogP contribution in [0.2, 0.25) is 0 Å². The first kappa shape index (κ1) is 35.0. The lowest BCUT2D eigenvalue weighted by Crippen LogP contribution is -2.24. The van der Waals surface area contributed by atoms with Gasteiger partial charge in [0.05, 0.1) is 34.8 Å². The van der Waals surface area contributed by atoms with Gasteiger partial charge >= 0.3 is 0 Å². The molecule has 0 bridgehead atoms. The molecule has 5 aromatic heterocycles. The molecule has 5 heterocycles. The summed E-state index contributed by atoms with van der Waals surface area (Å²) in [7, 11) is 0. The summed E-state index contributed by atoms with van der Waals surface area (Å²) < 4.78 is 0. The van der Waals surface area contributed by atoms with Crippen molar-refractivity contribution in [3.05, 3.63) is 148 Å². The fraction of sp³-hybridized carbons (Fsp3) is 0.195. The number of nitrogens with one attached hydrogen (secondary N) is 2. The molecule has 7 aromatic rings. The van der Waals surface area contributed by atoms with Crippen molar-refractivity contribution in [2.75, 3.05) is 0 Å². The van der Waals surface area contributed by atoms with Crippen LogP contribution in [0.25, 0.3) is 32.6 Å². The molecule has 0 unspecified atom stereocenters. The van der Waals surface area contributed by atoms with Crippen molar-refractivity contribution in [1.82, 2.24) is 35.6 Å². The van der Waals surface area contributed by atoms with E-state index in [2.05, 4.69) is 80.6 Å². The molecule has 0 saturated heterocycles. The van der Waals surface area contributed by atoms with E-state index in [1.807, 2.05) is 86.0 Å². The molecular weight excluding hydrogens is 655 g/mol. The van der Waals surface area contributed by atoms with Crippen LogP contribution in [-0.4, -0.2) is 36.7 Å². The predicted molar refractivity (Wildman–Crippen MR) is 204 cm³/mol. The second-order valence-electron chi connectivity index (χ2n) is 13.2. The van der Waals surface area contributed by atoms with E-state index in [0.29, 0.717) is 46.9 Å². The maximum absolute atomic E-state index is 12.6. The summed E-state index contributed by atoms with van der Waals surface area (Å²) in [6.07, 6.45) is 3.40. The van der Waals surface area contributed by atoms with Crippen molar-refractivity contribution < 1.29 is 9.59 Å². The number of aromatic nitrogens is 5. The molecule has 51 heavy (non-hydrogen) atoms. The number of thiazole rings is 1. The highest BCUT2D eigenvalue weighted by molar-refractivity contribution is 7.13. The molecular formula is C41H39N7O2S. The second kappa shape index (κ2) is 15.3. The maximum Gasteiger partial charge on any atom is 0.253 e. The summed E-state index contributed by atoms with van der Waals surface area (Å²) in [6, 6.07) is 29.6. The van der Waals surface area contributed by atoms with E-state index in [1.54, 1.807) is 23.7 Å². The molecule has 0 aliphatic rings. The Bertz CT molecular complexity index is 2310. The Morgan fingerprint density at radius 1 is 0.667 bits per heavy atom. The smallest absolute Gasteiger partial charge is 0.253 e. The first-order chi connectivity index (χ1) is 24.5. The molecule has 0 aliphatic carbocycles. The lowest BCUT2D eigenvalue weighted by molar-refractivity contribution is 0.0941. The third kappa shape index (κ3) is 8.66. The average Bonchev–Trinajstić information content (AvgIpc) is 3.62. The second-order valence-corrected chi connectivity index (χ2v) is 14.0. The Hall–Kier alpha value is -5.87. The average molecular weight is 694 g/mol. The molecule has 0 atom stereocenters. The predicted octanol–water partition coefficient (Wildman–Crippen LogP) is 8.16. The van der Waals surface area contributed by atoms with E-state index in [0.717, 1.165) is 32.6 Å². The molecule has 9 nitrogen and oxygen atoms in total. The van der Waals surface area contributed by atoms with Gasteiger partial charge in [-0.05, 0) is 66.8 Å². The van der Waals surface area contributed by atoms with Crippen LogP contribution in [0.3, 0.4) is 0 Å². The van der Waals surface area contributed by atoms with Crippen LogP contribution in [0.5, 0.6) is 0 Å². The van der Waals surface area contributed by atoms with Crippen LogP contribution >= 0.6 is 11.3 Å². The van der Waals surface area contributed by atoms with E-state index >= 15 is 0 Å². The van der Waals surface area contributed by atoms with E-state index in [-0.39, 0.29) is 17.2 Å². The van der Waals surface area contributed by atoms with Gasteiger partial charge in [-0.25, -0.2) is 24.9 Å². The first-order valence-corrected chi connectivity index (χ1v) is 17.5. The largest absolute Gasteiger partial charge is 0.348 e. The number of hydrogen-bond acceptors (Lipinski definition) is 8. The van der Waals surface area contributed by atoms with Crippen LogP contribution < -0.4 is 10.6 Å². The maximum atomic E-state index is 12.6. The third-order valence-corrected chi connectivity index (χ3v) is 9.27. The Morgan fingerprint density at radius 3 is 1.76 bits per heavy atom. The number of benzene rings is 2. The summed E-state index contributed by atoms with van der Waals surface area (Å²) in [5.74, 6) is -0.273. The number of aryl methyl sites for hydroxylation is 2. The van der Waals surface area contributed by atoms with Crippen molar-refractivity contribution in [2.24, 2.45) is 0 Å². The summed E-state index contributed by atoms with van der Waals surface area (Å²) >= 11 is 1.57. The number of fused-ring (bicyclic) bond motifs is 2. The Morgan fingerprint density at radius 2 is 1.22 bits per heavy atom. The van der Waals surface area contributed by atoms with Crippen molar-refractivity contribution in [1.29, 1.82) is 0 Å². The van der Waals surface area contributed by atoms with Crippen molar-refractivity contribution >= 4 is 45.2 Å². The highest BCUT2D eigenvalue weighted by atomic mass is 32.1. The number of carbonyl (C=O) groups is 2. The fourth-order valence-electron chi connectivity index (χ4n) is 5.42. The van der Waals surface area contributed by atoms with Gasteiger partial charge in [-0.3, -0.25) is 9.59 Å². The minimum atomic E-state index is -0.157. The number of nitrogens with zero attached hydrogens (tertiary/aromatic N) is 5. The molecule has 2 aromatic carbocycles. The molecule has 0 fully saturated rings. The zero-order valence-electron chi connectivity index (χ0n) is 29.3. The van der Waals surface area contributed by atoms with Gasteiger partial charge in [-0.15, -0.1) is 11.3 Å². The molecule has 10 heteroatoms. The van der Waals surface area contributed by atoms with Crippen LogP contribution in [0, 0.1) is 13.8 Å². The van der Waals surface area contributed by atoms with E-state index in [1.165, 1.54) is 5.56 Å². The van der Waals surface area contributed by atoms with Gasteiger partial charge in [0.1, 0.15) is 5.01 Å². The fourth-order valence-corrected chi connectivity index (χ4v) is 6.24. The highest BCUT2D eigenvalue weighted by Gasteiger charge is 2.15. The van der Waals surface area contributed by atoms with Crippen LogP contribution in [-0.2, 0) is 18.5 Å². The van der Waals surface area contributed by atoms with Gasteiger partial charge < -0.3 is 10.6 Å². The normalized spacial score (nSPS) is 11.2. The molecule has 0 aliphatic heterocycles. The number of carbonyl (C=O) groups excluding carboxylic acids is 2. The Labute approximate surface area is 301 Å². The van der Waals surface area contributed by atoms with Crippen LogP contribution in [0.1, 0.15) is 69.7 Å². The zero-order valence-corrected chi connectivity index (χ0v) is 30.1. The van der Waals surface area contributed by atoms with Gasteiger partial charge in [-0.2, -0.15) is 0 Å². The first-order valence-electron chi connectivity index (χ1n) is 16.7. The van der Waals surface area contributed by atoms with E-state index < -0.39 is 0 Å². The lowest BCUT2D eigenvalue weighted by atomic mass is 9.87. The molecule has 0 radical (unpaired) electrons. The van der Waals surface area contributed by atoms with Gasteiger partial charge in [0, 0.05) is 40.7 Å². The number of pyridine rings is 4. The quantitative estimate of drug-likeness (QED) is 0.173. The Balaban J connectivity index is 0.000000176. The number of hydrogen-bond donors (Lipinski definition) is 2. The molecule has 256 valence electrons. The minimum Gasteiger partial charge on any atom is -0.348 e. The monoisotopic (exact) mass is 693 g/mol. The molecule has 2 amide bonds. The van der Waals surface area contributed by atoms with E-state index in [4.69, 9.17) is 0 Å². The highest BCUT2D eigenvalue weighted by Crippen LogP contribution is 2.24. The standard InChI is InChI=1S/C21H23N3O.C20H16N4OS/c1-14-18(12-16-6-5-11-22-19(16)24-14)20(25)23-13-15-7-9-17(10-8-15)21(2,3)4;1-13-17(10-15-8-5-9-21-18(15)23-13)19(25)22-11-16-12-26-20(24-16)14-6-3-2-4-7-14/h5-12H,13H2,1-4H3,(H,23,25);2-10,12H,11H2,1H3,(H,22,25). The summed E-state index contributed by atoms with van der Waals surface area (Å²) in [5.41, 5.74) is 8.22. The summed E-state index contributed by atoms with van der Waals surface area (Å²) in [5, 5.41) is 10.5. The molecule has 0 spiro atoms.